The summed E-state index contributed by atoms with van der Waals surface area (Å²) in [5.41, 5.74) is -1.06. The first kappa shape index (κ1) is 17.8. The number of ether oxygens (including phenoxy) is 1. The van der Waals surface area contributed by atoms with E-state index in [0.29, 0.717) is 23.3 Å². The highest BCUT2D eigenvalue weighted by atomic mass is 19.4. The van der Waals surface area contributed by atoms with Crippen molar-refractivity contribution in [2.24, 2.45) is 17.8 Å². The fourth-order valence-corrected chi connectivity index (χ4v) is 5.72. The molecule has 0 amide bonds. The average molecular weight is 390 g/mol. The van der Waals surface area contributed by atoms with Gasteiger partial charge in [-0.05, 0) is 74.1 Å². The molecule has 148 valence electrons. The number of nitrogens with zero attached hydrogens (tertiary/aromatic N) is 1. The molecule has 28 heavy (non-hydrogen) atoms. The Hall–Kier alpha value is -2.31. The van der Waals surface area contributed by atoms with Gasteiger partial charge in [-0.1, -0.05) is 6.42 Å². The van der Waals surface area contributed by atoms with Gasteiger partial charge in [0.05, 0.1) is 11.3 Å². The summed E-state index contributed by atoms with van der Waals surface area (Å²) in [7, 11) is 0. The molecule has 4 atom stereocenters. The Morgan fingerprint density at radius 2 is 1.89 bits per heavy atom. The molecule has 1 heterocycles. The maximum Gasteiger partial charge on any atom is 0.419 e. The number of fused-ring (bicyclic) bond motifs is 2. The second kappa shape index (κ2) is 6.09. The van der Waals surface area contributed by atoms with Gasteiger partial charge in [0.2, 0.25) is 0 Å². The van der Waals surface area contributed by atoms with Gasteiger partial charge < -0.3 is 4.74 Å². The molecule has 7 heteroatoms. The Labute approximate surface area is 160 Å². The molecule has 3 bridgehead atoms. The van der Waals surface area contributed by atoms with Crippen molar-refractivity contribution in [3.8, 4) is 17.0 Å². The van der Waals surface area contributed by atoms with E-state index in [1.807, 2.05) is 0 Å². The first-order valence-electron chi connectivity index (χ1n) is 9.78. The van der Waals surface area contributed by atoms with Gasteiger partial charge in [0, 0.05) is 11.6 Å². The number of H-pyrrole nitrogens is 1. The Morgan fingerprint density at radius 1 is 1.07 bits per heavy atom. The average Bonchev–Trinajstić information content (AvgIpc) is 2.80. The van der Waals surface area contributed by atoms with E-state index in [2.05, 4.69) is 10.2 Å². The zero-order valence-electron chi connectivity index (χ0n) is 15.3. The van der Waals surface area contributed by atoms with Crippen molar-refractivity contribution in [1.82, 2.24) is 10.2 Å². The summed E-state index contributed by atoms with van der Waals surface area (Å²) in [6.07, 6.45) is 1.64. The van der Waals surface area contributed by atoms with Crippen LogP contribution in [0.2, 0.25) is 0 Å². The Bertz CT molecular complexity index is 946. The van der Waals surface area contributed by atoms with Gasteiger partial charge in [-0.3, -0.25) is 4.79 Å². The first-order chi connectivity index (χ1) is 13.3. The van der Waals surface area contributed by atoms with Gasteiger partial charge in [-0.15, -0.1) is 0 Å². The minimum Gasteiger partial charge on any atom is -0.487 e. The third-order valence-electron chi connectivity index (χ3n) is 6.76. The molecular formula is C21H21F3N2O2. The summed E-state index contributed by atoms with van der Waals surface area (Å²) < 4.78 is 47.6. The normalized spacial score (nSPS) is 31.2. The van der Waals surface area contributed by atoms with E-state index in [1.54, 1.807) is 6.07 Å². The van der Waals surface area contributed by atoms with Crippen LogP contribution in [0.5, 0.6) is 5.75 Å². The van der Waals surface area contributed by atoms with Crippen molar-refractivity contribution >= 4 is 0 Å². The van der Waals surface area contributed by atoms with Gasteiger partial charge in [-0.25, -0.2) is 5.10 Å². The lowest BCUT2D eigenvalue weighted by molar-refractivity contribution is -0.140. The van der Waals surface area contributed by atoms with Crippen LogP contribution in [0.1, 0.15) is 44.1 Å². The molecule has 1 N–H and O–H groups in total. The summed E-state index contributed by atoms with van der Waals surface area (Å²) in [6, 6.07) is 6.70. The molecule has 0 aliphatic heterocycles. The summed E-state index contributed by atoms with van der Waals surface area (Å²) in [5.74, 6) is 1.68. The van der Waals surface area contributed by atoms with Crippen LogP contribution in [0.25, 0.3) is 11.3 Å². The van der Waals surface area contributed by atoms with E-state index in [1.165, 1.54) is 37.5 Å². The van der Waals surface area contributed by atoms with E-state index in [9.17, 15) is 18.0 Å². The van der Waals surface area contributed by atoms with Crippen LogP contribution in [0.15, 0.2) is 35.1 Å². The van der Waals surface area contributed by atoms with Crippen LogP contribution in [0.3, 0.4) is 0 Å². The topological polar surface area (TPSA) is 55.0 Å². The zero-order valence-corrected chi connectivity index (χ0v) is 15.3. The van der Waals surface area contributed by atoms with Crippen LogP contribution in [-0.2, 0) is 6.18 Å². The fraction of sp³-hybridized carbons (Fsp3) is 0.524. The van der Waals surface area contributed by atoms with Crippen molar-refractivity contribution in [2.75, 3.05) is 0 Å². The number of aromatic nitrogens is 2. The highest BCUT2D eigenvalue weighted by molar-refractivity contribution is 5.62. The number of nitrogens with one attached hydrogen (secondary N) is 1. The predicted molar refractivity (Wildman–Crippen MR) is 96.8 cm³/mol. The molecule has 0 saturated heterocycles. The van der Waals surface area contributed by atoms with Crippen molar-refractivity contribution < 1.29 is 17.9 Å². The summed E-state index contributed by atoms with van der Waals surface area (Å²) in [4.78, 5) is 11.2. The number of halogens is 3. The van der Waals surface area contributed by atoms with Crippen molar-refractivity contribution in [2.45, 2.75) is 50.3 Å². The molecule has 0 radical (unpaired) electrons. The van der Waals surface area contributed by atoms with Gasteiger partial charge in [0.25, 0.3) is 5.56 Å². The molecule has 3 aliphatic rings. The Balaban J connectivity index is 1.51. The van der Waals surface area contributed by atoms with Crippen molar-refractivity contribution in [1.29, 1.82) is 0 Å². The van der Waals surface area contributed by atoms with E-state index in [4.69, 9.17) is 4.74 Å². The van der Waals surface area contributed by atoms with E-state index >= 15 is 0 Å². The lowest BCUT2D eigenvalue weighted by atomic mass is 9.71. The molecule has 4 nitrogen and oxygen atoms in total. The predicted octanol–water partition coefficient (Wildman–Crippen LogP) is 4.80. The van der Waals surface area contributed by atoms with Gasteiger partial charge in [0.1, 0.15) is 11.4 Å². The van der Waals surface area contributed by atoms with E-state index in [-0.39, 0.29) is 11.4 Å². The zero-order chi connectivity index (χ0) is 19.5. The summed E-state index contributed by atoms with van der Waals surface area (Å²) in [6.45, 7) is 0. The maximum atomic E-state index is 13.8. The van der Waals surface area contributed by atoms with Gasteiger partial charge >= 0.3 is 6.18 Å². The molecule has 3 aliphatic carbocycles. The summed E-state index contributed by atoms with van der Waals surface area (Å²) >= 11 is 0. The van der Waals surface area contributed by atoms with Gasteiger partial charge in [-0.2, -0.15) is 18.3 Å². The fourth-order valence-electron chi connectivity index (χ4n) is 5.72. The monoisotopic (exact) mass is 390 g/mol. The highest BCUT2D eigenvalue weighted by Crippen LogP contribution is 2.59. The number of hydrogen-bond donors (Lipinski definition) is 1. The van der Waals surface area contributed by atoms with Crippen LogP contribution in [-0.4, -0.2) is 15.8 Å². The molecule has 2 aromatic rings. The SMILES string of the molecule is O=c1ccc(-c2ccc(OC34CC5CCC(C3)C(C5)C4)c(C(F)(F)F)c2)n[nH]1. The number of alkyl halides is 3. The second-order valence-electron chi connectivity index (χ2n) is 8.61. The largest absolute Gasteiger partial charge is 0.487 e. The Kier molecular flexibility index (Phi) is 3.87. The molecule has 1 aromatic carbocycles. The first-order valence-corrected chi connectivity index (χ1v) is 9.78. The number of benzene rings is 1. The number of aromatic amines is 1. The molecule has 3 saturated carbocycles. The highest BCUT2D eigenvalue weighted by Gasteiger charge is 2.55. The summed E-state index contributed by atoms with van der Waals surface area (Å²) in [5, 5.41) is 6.09. The standard InChI is InChI=1S/C21H21F3N2O2/c22-21(23,24)16-8-13(17-4-6-19(27)26-25-17)3-5-18(16)28-20-9-12-1-2-14(10-20)15(7-12)11-20/h3-6,8,12,14-15H,1-2,7,9-11H2,(H,26,27). The van der Waals surface area contributed by atoms with Gasteiger partial charge in [0.15, 0.2) is 0 Å². The third-order valence-corrected chi connectivity index (χ3v) is 6.76. The molecular weight excluding hydrogens is 369 g/mol. The van der Waals surface area contributed by atoms with Crippen LogP contribution < -0.4 is 10.3 Å². The minimum atomic E-state index is -4.53. The smallest absolute Gasteiger partial charge is 0.419 e. The Morgan fingerprint density at radius 3 is 2.64 bits per heavy atom. The van der Waals surface area contributed by atoms with Crippen molar-refractivity contribution in [3.05, 3.63) is 46.2 Å². The molecule has 1 aromatic heterocycles. The molecule has 5 rings (SSSR count). The maximum absolute atomic E-state index is 13.8. The van der Waals surface area contributed by atoms with Crippen LogP contribution in [0, 0.1) is 17.8 Å². The van der Waals surface area contributed by atoms with Crippen LogP contribution in [0.4, 0.5) is 13.2 Å². The van der Waals surface area contributed by atoms with E-state index < -0.39 is 22.9 Å². The lowest BCUT2D eigenvalue weighted by Gasteiger charge is -2.40. The quantitative estimate of drug-likeness (QED) is 0.819. The van der Waals surface area contributed by atoms with Crippen LogP contribution >= 0.6 is 0 Å². The second-order valence-corrected chi connectivity index (χ2v) is 8.61. The van der Waals surface area contributed by atoms with E-state index in [0.717, 1.165) is 25.3 Å². The number of hydrogen-bond acceptors (Lipinski definition) is 3. The minimum absolute atomic E-state index is 0.0948. The van der Waals surface area contributed by atoms with Crippen molar-refractivity contribution in [3.63, 3.8) is 0 Å². The lowest BCUT2D eigenvalue weighted by Crippen LogP contribution is -2.39. The molecule has 0 spiro atoms. The molecule has 4 unspecified atom stereocenters. The molecule has 3 fully saturated rings. The third kappa shape index (κ3) is 3.01. The number of rotatable bonds is 3.